The molecule has 158 valence electrons. The number of nitrogens with zero attached hydrogens (tertiary/aromatic N) is 1. The van der Waals surface area contributed by atoms with Crippen LogP contribution in [-0.2, 0) is 14.8 Å². The Labute approximate surface area is 169 Å². The van der Waals surface area contributed by atoms with Crippen molar-refractivity contribution in [2.45, 2.75) is 25.2 Å². The smallest absolute Gasteiger partial charge is 0.262 e. The quantitative estimate of drug-likeness (QED) is 0.666. The van der Waals surface area contributed by atoms with E-state index >= 15 is 0 Å². The Bertz CT molecular complexity index is 947. The minimum Gasteiger partial charge on any atom is -0.383 e. The van der Waals surface area contributed by atoms with Crippen LogP contribution in [0.1, 0.15) is 21.5 Å². The van der Waals surface area contributed by atoms with Crippen molar-refractivity contribution < 1.29 is 26.7 Å². The van der Waals surface area contributed by atoms with Crippen LogP contribution >= 0.6 is 0 Å². The van der Waals surface area contributed by atoms with Gasteiger partial charge in [-0.3, -0.25) is 9.52 Å². The normalized spacial score (nSPS) is 11.5. The molecule has 1 N–H and O–H groups in total. The maximum absolute atomic E-state index is 12.7. The van der Waals surface area contributed by atoms with Crippen LogP contribution in [-0.4, -0.2) is 52.5 Å². The molecular weight excluding hydrogens is 402 g/mol. The van der Waals surface area contributed by atoms with Gasteiger partial charge < -0.3 is 9.64 Å². The molecule has 0 aliphatic heterocycles. The van der Waals surface area contributed by atoms with Gasteiger partial charge in [-0.05, 0) is 55.3 Å². The van der Waals surface area contributed by atoms with Gasteiger partial charge in [0.05, 0.1) is 18.0 Å². The zero-order chi connectivity index (χ0) is 21.6. The van der Waals surface area contributed by atoms with Gasteiger partial charge in [0.2, 0.25) is 0 Å². The van der Waals surface area contributed by atoms with Gasteiger partial charge in [0.1, 0.15) is 0 Å². The summed E-state index contributed by atoms with van der Waals surface area (Å²) in [5.74, 6) is -0.578. The van der Waals surface area contributed by atoms with Crippen LogP contribution < -0.4 is 4.72 Å². The number of sulfonamides is 1. The van der Waals surface area contributed by atoms with Crippen LogP contribution in [0.5, 0.6) is 0 Å². The third-order valence-corrected chi connectivity index (χ3v) is 5.75. The first-order valence-corrected chi connectivity index (χ1v) is 10.4. The maximum Gasteiger partial charge on any atom is 0.262 e. The number of aryl methyl sites for hydroxylation is 2. The molecular formula is C20H24F2N2O4S. The topological polar surface area (TPSA) is 75.7 Å². The van der Waals surface area contributed by atoms with E-state index in [9.17, 15) is 22.0 Å². The van der Waals surface area contributed by atoms with Crippen LogP contribution in [0.2, 0.25) is 0 Å². The summed E-state index contributed by atoms with van der Waals surface area (Å²) in [6.45, 7) is 2.96. The van der Waals surface area contributed by atoms with Gasteiger partial charge in [0, 0.05) is 24.9 Å². The molecule has 0 unspecified atom stereocenters. The predicted octanol–water partition coefficient (Wildman–Crippen LogP) is 3.46. The third kappa shape index (κ3) is 6.23. The maximum atomic E-state index is 12.7. The lowest BCUT2D eigenvalue weighted by Gasteiger charge is -2.22. The van der Waals surface area contributed by atoms with E-state index in [0.29, 0.717) is 5.56 Å². The minimum absolute atomic E-state index is 0.0285. The van der Waals surface area contributed by atoms with Crippen molar-refractivity contribution in [3.8, 4) is 0 Å². The van der Waals surface area contributed by atoms with Crippen LogP contribution in [0.15, 0.2) is 47.4 Å². The van der Waals surface area contributed by atoms with Crippen LogP contribution in [0, 0.1) is 13.8 Å². The number of carbonyl (C=O) groups excluding carboxylic acids is 1. The first-order chi connectivity index (χ1) is 13.6. The van der Waals surface area contributed by atoms with Crippen molar-refractivity contribution in [2.24, 2.45) is 0 Å². The first-order valence-electron chi connectivity index (χ1n) is 8.90. The lowest BCUT2D eigenvalue weighted by molar-refractivity contribution is 0.0478. The van der Waals surface area contributed by atoms with Crippen LogP contribution in [0.3, 0.4) is 0 Å². The summed E-state index contributed by atoms with van der Waals surface area (Å²) in [6, 6.07) is 10.8. The van der Waals surface area contributed by atoms with E-state index in [1.165, 1.54) is 31.4 Å². The van der Waals surface area contributed by atoms with Gasteiger partial charge in [0.15, 0.2) is 0 Å². The molecule has 0 radical (unpaired) electrons. The average Bonchev–Trinajstić information content (AvgIpc) is 2.66. The van der Waals surface area contributed by atoms with Crippen molar-refractivity contribution in [3.05, 3.63) is 59.2 Å². The molecule has 0 spiro atoms. The monoisotopic (exact) mass is 426 g/mol. The molecule has 1 amide bonds. The van der Waals surface area contributed by atoms with E-state index in [2.05, 4.69) is 4.72 Å². The second-order valence-corrected chi connectivity index (χ2v) is 8.24. The van der Waals surface area contributed by atoms with Crippen molar-refractivity contribution in [1.29, 1.82) is 0 Å². The van der Waals surface area contributed by atoms with Crippen molar-refractivity contribution in [2.75, 3.05) is 31.5 Å². The van der Waals surface area contributed by atoms with Gasteiger partial charge in [0.25, 0.3) is 22.4 Å². The van der Waals surface area contributed by atoms with Gasteiger partial charge in [-0.15, -0.1) is 0 Å². The number of halogens is 2. The summed E-state index contributed by atoms with van der Waals surface area (Å²) < 4.78 is 58.1. The second kappa shape index (κ2) is 9.80. The van der Waals surface area contributed by atoms with Gasteiger partial charge in [-0.1, -0.05) is 12.1 Å². The zero-order valence-electron chi connectivity index (χ0n) is 16.5. The van der Waals surface area contributed by atoms with E-state index in [1.54, 1.807) is 26.0 Å². The predicted molar refractivity (Wildman–Crippen MR) is 107 cm³/mol. The fourth-order valence-electron chi connectivity index (χ4n) is 2.71. The fourth-order valence-corrected chi connectivity index (χ4v) is 4.10. The number of anilines is 1. The number of carbonyl (C=O) groups is 1. The fraction of sp³-hybridized carbons (Fsp3) is 0.350. The molecule has 2 aromatic carbocycles. The number of methoxy groups -OCH3 is 1. The highest BCUT2D eigenvalue weighted by atomic mass is 32.2. The molecule has 2 aromatic rings. The highest BCUT2D eigenvalue weighted by Crippen LogP contribution is 2.21. The van der Waals surface area contributed by atoms with Crippen LogP contribution in [0.25, 0.3) is 0 Å². The van der Waals surface area contributed by atoms with E-state index < -0.39 is 28.9 Å². The van der Waals surface area contributed by atoms with Gasteiger partial charge >= 0.3 is 0 Å². The molecule has 2 rings (SSSR count). The number of rotatable bonds is 9. The highest BCUT2D eigenvalue weighted by molar-refractivity contribution is 7.92. The molecule has 29 heavy (non-hydrogen) atoms. The zero-order valence-corrected chi connectivity index (χ0v) is 17.3. The number of alkyl halides is 2. The molecule has 0 aliphatic carbocycles. The minimum atomic E-state index is -3.80. The standard InChI is InChI=1S/C20H24F2N2O4S/c1-14-4-5-15(2)18(12-14)29(26,27)23-17-8-6-16(7-9-17)20(25)24(10-11-28-3)13-19(21)22/h4-9,12,19,23H,10-11,13H2,1-3H3. The van der Waals surface area contributed by atoms with Crippen LogP contribution in [0.4, 0.5) is 14.5 Å². The molecule has 0 bridgehead atoms. The highest BCUT2D eigenvalue weighted by Gasteiger charge is 2.21. The summed E-state index contributed by atoms with van der Waals surface area (Å²) in [5, 5.41) is 0. The summed E-state index contributed by atoms with van der Waals surface area (Å²) in [4.78, 5) is 13.7. The van der Waals surface area contributed by atoms with E-state index in [-0.39, 0.29) is 29.3 Å². The molecule has 0 atom stereocenters. The van der Waals surface area contributed by atoms with Crippen molar-refractivity contribution in [3.63, 3.8) is 0 Å². The Hall–Kier alpha value is -2.52. The van der Waals surface area contributed by atoms with Crippen molar-refractivity contribution >= 4 is 21.6 Å². The van der Waals surface area contributed by atoms with Gasteiger partial charge in [-0.25, -0.2) is 17.2 Å². The summed E-state index contributed by atoms with van der Waals surface area (Å²) >= 11 is 0. The molecule has 9 heteroatoms. The second-order valence-electron chi connectivity index (χ2n) is 6.59. The first kappa shape index (κ1) is 22.8. The Morgan fingerprint density at radius 3 is 2.38 bits per heavy atom. The Kier molecular flexibility index (Phi) is 7.69. The van der Waals surface area contributed by atoms with Crippen molar-refractivity contribution in [1.82, 2.24) is 4.90 Å². The number of hydrogen-bond acceptors (Lipinski definition) is 4. The molecule has 0 aromatic heterocycles. The number of nitrogens with one attached hydrogen (secondary N) is 1. The molecule has 0 heterocycles. The third-order valence-electron chi connectivity index (χ3n) is 4.23. The number of benzene rings is 2. The van der Waals surface area contributed by atoms with E-state index in [0.717, 1.165) is 10.5 Å². The Morgan fingerprint density at radius 2 is 1.79 bits per heavy atom. The number of ether oxygens (including phenoxy) is 1. The van der Waals surface area contributed by atoms with Gasteiger partial charge in [-0.2, -0.15) is 0 Å². The Balaban J connectivity index is 2.18. The average molecular weight is 426 g/mol. The molecule has 0 saturated carbocycles. The molecule has 0 fully saturated rings. The SMILES string of the molecule is COCCN(CC(F)F)C(=O)c1ccc(NS(=O)(=O)c2cc(C)ccc2C)cc1. The Morgan fingerprint density at radius 1 is 1.14 bits per heavy atom. The molecule has 0 saturated heterocycles. The largest absolute Gasteiger partial charge is 0.383 e. The van der Waals surface area contributed by atoms with E-state index in [4.69, 9.17) is 4.74 Å². The lowest BCUT2D eigenvalue weighted by Crippen LogP contribution is -2.37. The molecule has 0 aliphatic rings. The van der Waals surface area contributed by atoms with E-state index in [1.807, 2.05) is 6.07 Å². The molecule has 6 nitrogen and oxygen atoms in total. The number of hydrogen-bond donors (Lipinski definition) is 1. The number of amides is 1. The summed E-state index contributed by atoms with van der Waals surface area (Å²) in [5.41, 5.74) is 1.86. The lowest BCUT2D eigenvalue weighted by atomic mass is 10.2. The summed E-state index contributed by atoms with van der Waals surface area (Å²) in [6.07, 6.45) is -2.67. The summed E-state index contributed by atoms with van der Waals surface area (Å²) in [7, 11) is -2.39.